The van der Waals surface area contributed by atoms with Crippen LogP contribution in [0.25, 0.3) is 0 Å². The maximum atomic E-state index is 11.8. The minimum Gasteiger partial charge on any atom is -0.355 e. The van der Waals surface area contributed by atoms with Crippen LogP contribution in [0.5, 0.6) is 0 Å². The van der Waals surface area contributed by atoms with Crippen molar-refractivity contribution < 1.29 is 4.79 Å². The fourth-order valence-electron chi connectivity index (χ4n) is 2.00. The molecule has 2 aliphatic rings. The first-order valence-electron chi connectivity index (χ1n) is 6.19. The van der Waals surface area contributed by atoms with Crippen LogP contribution in [0.2, 0.25) is 0 Å². The SMILES string of the molecule is O=C1NCCCCC1Sc1n[nH]c(C2CC2)n1. The lowest BCUT2D eigenvalue weighted by Crippen LogP contribution is -2.30. The van der Waals surface area contributed by atoms with Gasteiger partial charge in [-0.15, -0.1) is 5.10 Å². The first kappa shape index (κ1) is 11.1. The summed E-state index contributed by atoms with van der Waals surface area (Å²) < 4.78 is 0. The van der Waals surface area contributed by atoms with Crippen LogP contribution in [0.3, 0.4) is 0 Å². The van der Waals surface area contributed by atoms with Crippen LogP contribution in [-0.4, -0.2) is 32.9 Å². The summed E-state index contributed by atoms with van der Waals surface area (Å²) in [7, 11) is 0. The van der Waals surface area contributed by atoms with Gasteiger partial charge in [0.05, 0.1) is 5.25 Å². The average molecular weight is 252 g/mol. The Morgan fingerprint density at radius 1 is 1.24 bits per heavy atom. The van der Waals surface area contributed by atoms with Crippen LogP contribution >= 0.6 is 11.8 Å². The molecule has 6 heteroatoms. The lowest BCUT2D eigenvalue weighted by molar-refractivity contribution is -0.120. The van der Waals surface area contributed by atoms with Gasteiger partial charge >= 0.3 is 0 Å². The lowest BCUT2D eigenvalue weighted by atomic mass is 10.2. The minimum absolute atomic E-state index is 0.0275. The normalized spacial score (nSPS) is 25.4. The van der Waals surface area contributed by atoms with E-state index >= 15 is 0 Å². The number of hydrogen-bond donors (Lipinski definition) is 2. The number of carbonyl (C=O) groups is 1. The summed E-state index contributed by atoms with van der Waals surface area (Å²) in [5.74, 6) is 1.70. The van der Waals surface area contributed by atoms with Crippen LogP contribution in [0.15, 0.2) is 5.16 Å². The van der Waals surface area contributed by atoms with E-state index in [1.54, 1.807) is 0 Å². The Hall–Kier alpha value is -1.04. The van der Waals surface area contributed by atoms with E-state index in [4.69, 9.17) is 0 Å². The average Bonchev–Trinajstić information content (AvgIpc) is 3.09. The molecule has 2 heterocycles. The van der Waals surface area contributed by atoms with Gasteiger partial charge in [0.2, 0.25) is 11.1 Å². The minimum atomic E-state index is -0.0275. The Bertz CT molecular complexity index is 415. The molecule has 0 aromatic carbocycles. The van der Waals surface area contributed by atoms with Crippen LogP contribution in [0.1, 0.15) is 43.8 Å². The number of H-pyrrole nitrogens is 1. The van der Waals surface area contributed by atoms with Gasteiger partial charge in [-0.3, -0.25) is 9.89 Å². The Balaban J connectivity index is 1.65. The van der Waals surface area contributed by atoms with Gasteiger partial charge < -0.3 is 5.32 Å². The topological polar surface area (TPSA) is 70.7 Å². The molecule has 1 saturated heterocycles. The van der Waals surface area contributed by atoms with Crippen LogP contribution < -0.4 is 5.32 Å². The number of thioether (sulfide) groups is 1. The first-order valence-corrected chi connectivity index (χ1v) is 7.07. The molecule has 1 amide bonds. The molecule has 1 unspecified atom stereocenters. The third-order valence-electron chi connectivity index (χ3n) is 3.18. The lowest BCUT2D eigenvalue weighted by Gasteiger charge is -2.09. The maximum absolute atomic E-state index is 11.8. The molecule has 1 aliphatic carbocycles. The molecular formula is C11H16N4OS. The van der Waals surface area contributed by atoms with E-state index in [2.05, 4.69) is 20.5 Å². The van der Waals surface area contributed by atoms with E-state index in [0.29, 0.717) is 11.1 Å². The molecule has 1 aromatic heterocycles. The van der Waals surface area contributed by atoms with E-state index in [1.807, 2.05) is 0 Å². The van der Waals surface area contributed by atoms with Crippen molar-refractivity contribution in [2.45, 2.75) is 48.4 Å². The molecule has 0 radical (unpaired) electrons. The second-order valence-electron chi connectivity index (χ2n) is 4.67. The number of aromatic amines is 1. The molecule has 1 saturated carbocycles. The Morgan fingerprint density at radius 3 is 2.94 bits per heavy atom. The predicted molar refractivity (Wildman–Crippen MR) is 64.9 cm³/mol. The predicted octanol–water partition coefficient (Wildman–Crippen LogP) is 1.44. The van der Waals surface area contributed by atoms with E-state index in [9.17, 15) is 4.79 Å². The second-order valence-corrected chi connectivity index (χ2v) is 5.84. The molecule has 2 fully saturated rings. The summed E-state index contributed by atoms with van der Waals surface area (Å²) >= 11 is 1.49. The van der Waals surface area contributed by atoms with Crippen LogP contribution in [0, 0.1) is 0 Å². The van der Waals surface area contributed by atoms with Gasteiger partial charge in [-0.2, -0.15) is 0 Å². The number of rotatable bonds is 3. The number of aromatic nitrogens is 3. The standard InChI is InChI=1S/C11H16N4OS/c16-10-8(3-1-2-6-12-10)17-11-13-9(14-15-11)7-4-5-7/h7-8H,1-6H2,(H,12,16)(H,13,14,15). The first-order chi connectivity index (χ1) is 8.33. The van der Waals surface area contributed by atoms with Gasteiger partial charge in [-0.05, 0) is 25.7 Å². The highest BCUT2D eigenvalue weighted by Gasteiger charge is 2.28. The summed E-state index contributed by atoms with van der Waals surface area (Å²) in [4.78, 5) is 16.2. The second kappa shape index (κ2) is 4.68. The molecule has 1 aliphatic heterocycles. The van der Waals surface area contributed by atoms with Crippen LogP contribution in [-0.2, 0) is 4.79 Å². The molecule has 0 spiro atoms. The molecule has 5 nitrogen and oxygen atoms in total. The van der Waals surface area contributed by atoms with Gasteiger partial charge in [0.1, 0.15) is 5.82 Å². The molecule has 3 rings (SSSR count). The smallest absolute Gasteiger partial charge is 0.233 e. The number of amides is 1. The quantitative estimate of drug-likeness (QED) is 0.854. The Kier molecular flexibility index (Phi) is 3.05. The van der Waals surface area contributed by atoms with Crippen LogP contribution in [0.4, 0.5) is 0 Å². The number of nitrogens with zero attached hydrogens (tertiary/aromatic N) is 2. The molecule has 92 valence electrons. The van der Waals surface area contributed by atoms with Crippen molar-refractivity contribution in [3.05, 3.63) is 5.82 Å². The van der Waals surface area contributed by atoms with Gasteiger partial charge in [-0.1, -0.05) is 18.2 Å². The molecule has 1 aromatic rings. The highest BCUT2D eigenvalue weighted by atomic mass is 32.2. The largest absolute Gasteiger partial charge is 0.355 e. The van der Waals surface area contributed by atoms with Crippen molar-refractivity contribution in [1.29, 1.82) is 0 Å². The molecular weight excluding hydrogens is 236 g/mol. The fraction of sp³-hybridized carbons (Fsp3) is 0.727. The van der Waals surface area contributed by atoms with E-state index in [1.165, 1.54) is 24.6 Å². The highest BCUT2D eigenvalue weighted by Crippen LogP contribution is 2.38. The molecule has 17 heavy (non-hydrogen) atoms. The molecule has 1 atom stereocenters. The maximum Gasteiger partial charge on any atom is 0.233 e. The monoisotopic (exact) mass is 252 g/mol. The Labute approximate surface area is 104 Å². The van der Waals surface area contributed by atoms with Gasteiger partial charge in [0, 0.05) is 12.5 Å². The number of hydrogen-bond acceptors (Lipinski definition) is 4. The van der Waals surface area contributed by atoms with Gasteiger partial charge in [-0.25, -0.2) is 4.98 Å². The van der Waals surface area contributed by atoms with E-state index in [-0.39, 0.29) is 11.2 Å². The fourth-order valence-corrected chi connectivity index (χ4v) is 2.98. The third kappa shape index (κ3) is 2.62. The molecule has 0 bridgehead atoms. The number of carbonyl (C=O) groups excluding carboxylic acids is 1. The van der Waals surface area contributed by atoms with Crippen molar-refractivity contribution in [3.8, 4) is 0 Å². The van der Waals surface area contributed by atoms with Crippen molar-refractivity contribution in [1.82, 2.24) is 20.5 Å². The van der Waals surface area contributed by atoms with Crippen molar-refractivity contribution >= 4 is 17.7 Å². The highest BCUT2D eigenvalue weighted by molar-refractivity contribution is 8.00. The van der Waals surface area contributed by atoms with Gasteiger partial charge in [0.15, 0.2) is 0 Å². The number of nitrogens with one attached hydrogen (secondary N) is 2. The molecule has 2 N–H and O–H groups in total. The summed E-state index contributed by atoms with van der Waals surface area (Å²) in [5, 5.41) is 10.8. The third-order valence-corrected chi connectivity index (χ3v) is 4.31. The zero-order chi connectivity index (χ0) is 11.7. The van der Waals surface area contributed by atoms with Crippen molar-refractivity contribution in [2.75, 3.05) is 6.54 Å². The summed E-state index contributed by atoms with van der Waals surface area (Å²) in [5.41, 5.74) is 0. The zero-order valence-corrected chi connectivity index (χ0v) is 10.4. The van der Waals surface area contributed by atoms with E-state index < -0.39 is 0 Å². The zero-order valence-electron chi connectivity index (χ0n) is 9.61. The van der Waals surface area contributed by atoms with Crippen molar-refractivity contribution in [2.24, 2.45) is 0 Å². The summed E-state index contributed by atoms with van der Waals surface area (Å²) in [6, 6.07) is 0. The Morgan fingerprint density at radius 2 is 2.12 bits per heavy atom. The summed E-state index contributed by atoms with van der Waals surface area (Å²) in [6.45, 7) is 0.803. The van der Waals surface area contributed by atoms with Crippen molar-refractivity contribution in [3.63, 3.8) is 0 Å². The summed E-state index contributed by atoms with van der Waals surface area (Å²) in [6.07, 6.45) is 5.51. The van der Waals surface area contributed by atoms with E-state index in [0.717, 1.165) is 31.6 Å². The van der Waals surface area contributed by atoms with Gasteiger partial charge in [0.25, 0.3) is 0 Å².